The lowest BCUT2D eigenvalue weighted by Gasteiger charge is -2.15. The van der Waals surface area contributed by atoms with Gasteiger partial charge in [0.2, 0.25) is 0 Å². The summed E-state index contributed by atoms with van der Waals surface area (Å²) in [5.41, 5.74) is 1.32. The first-order valence-corrected chi connectivity index (χ1v) is 7.73. The molecule has 0 atom stereocenters. The van der Waals surface area contributed by atoms with Crippen LogP contribution in [0.5, 0.6) is 5.75 Å². The van der Waals surface area contributed by atoms with E-state index < -0.39 is 9.05 Å². The maximum Gasteiger partial charge on any atom is 0.261 e. The summed E-state index contributed by atoms with van der Waals surface area (Å²) in [5.74, 6) is 3.09. The largest absolute Gasteiger partial charge is 0.481 e. The van der Waals surface area contributed by atoms with Crippen molar-refractivity contribution < 1.29 is 13.2 Å². The van der Waals surface area contributed by atoms with Crippen LogP contribution in [0.1, 0.15) is 30.9 Å². The zero-order valence-corrected chi connectivity index (χ0v) is 12.1. The standard InChI is InChI=1S/C13H15ClO3S/c1-5-6-17-12-7-10(4)13(18(14,15)16)8-11(12)9(2)3/h1,7-9H,6H2,2-4H3. The Hall–Kier alpha value is -1.18. The van der Waals surface area contributed by atoms with E-state index in [1.165, 1.54) is 0 Å². The molecule has 18 heavy (non-hydrogen) atoms. The van der Waals surface area contributed by atoms with Gasteiger partial charge in [0.15, 0.2) is 0 Å². The van der Waals surface area contributed by atoms with Crippen molar-refractivity contribution in [3.05, 3.63) is 23.3 Å². The molecule has 0 spiro atoms. The molecule has 1 aromatic rings. The summed E-state index contributed by atoms with van der Waals surface area (Å²) in [6, 6.07) is 3.20. The molecule has 0 fully saturated rings. The highest BCUT2D eigenvalue weighted by Gasteiger charge is 2.18. The molecule has 98 valence electrons. The molecule has 0 aliphatic heterocycles. The Morgan fingerprint density at radius 2 is 2.06 bits per heavy atom. The molecule has 0 aliphatic carbocycles. The quantitative estimate of drug-likeness (QED) is 0.631. The molecule has 0 unspecified atom stereocenters. The van der Waals surface area contributed by atoms with Crippen molar-refractivity contribution in [1.82, 2.24) is 0 Å². The predicted octanol–water partition coefficient (Wildman–Crippen LogP) is 3.06. The fraction of sp³-hybridized carbons (Fsp3) is 0.385. The van der Waals surface area contributed by atoms with Gasteiger partial charge in [0.05, 0.1) is 4.90 Å². The van der Waals surface area contributed by atoms with Gasteiger partial charge < -0.3 is 4.74 Å². The van der Waals surface area contributed by atoms with Gasteiger partial charge in [0, 0.05) is 10.7 Å². The Morgan fingerprint density at radius 1 is 1.44 bits per heavy atom. The van der Waals surface area contributed by atoms with E-state index in [2.05, 4.69) is 5.92 Å². The van der Waals surface area contributed by atoms with E-state index in [4.69, 9.17) is 21.8 Å². The molecule has 0 heterocycles. The predicted molar refractivity (Wildman–Crippen MR) is 72.6 cm³/mol. The molecule has 0 saturated heterocycles. The van der Waals surface area contributed by atoms with E-state index in [1.807, 2.05) is 13.8 Å². The SMILES string of the molecule is C#CCOc1cc(C)c(S(=O)(=O)Cl)cc1C(C)C. The highest BCUT2D eigenvalue weighted by atomic mass is 35.7. The molecule has 0 N–H and O–H groups in total. The zero-order valence-electron chi connectivity index (χ0n) is 10.5. The highest BCUT2D eigenvalue weighted by molar-refractivity contribution is 8.13. The normalized spacial score (nSPS) is 11.3. The Labute approximate surface area is 113 Å². The number of halogens is 1. The molecule has 1 rings (SSSR count). The van der Waals surface area contributed by atoms with Gasteiger partial charge >= 0.3 is 0 Å². The van der Waals surface area contributed by atoms with E-state index in [1.54, 1.807) is 19.1 Å². The average Bonchev–Trinajstić information content (AvgIpc) is 2.23. The van der Waals surface area contributed by atoms with Crippen molar-refractivity contribution in [3.63, 3.8) is 0 Å². The zero-order chi connectivity index (χ0) is 13.9. The Balaban J connectivity index is 3.40. The summed E-state index contributed by atoms with van der Waals surface area (Å²) in [5, 5.41) is 0. The molecular formula is C13H15ClO3S. The van der Waals surface area contributed by atoms with Crippen LogP contribution in [-0.4, -0.2) is 15.0 Å². The molecule has 0 saturated carbocycles. The first kappa shape index (κ1) is 14.9. The molecule has 0 aliphatic rings. The maximum absolute atomic E-state index is 11.4. The van der Waals surface area contributed by atoms with Gasteiger partial charge in [-0.05, 0) is 36.1 Å². The summed E-state index contributed by atoms with van der Waals surface area (Å²) in [7, 11) is 1.65. The third kappa shape index (κ3) is 3.41. The first-order chi connectivity index (χ1) is 8.27. The molecule has 1 aromatic carbocycles. The minimum absolute atomic E-state index is 0.107. The highest BCUT2D eigenvalue weighted by Crippen LogP contribution is 2.32. The summed E-state index contributed by atoms with van der Waals surface area (Å²) >= 11 is 0. The monoisotopic (exact) mass is 286 g/mol. The van der Waals surface area contributed by atoms with Crippen LogP contribution in [-0.2, 0) is 9.05 Å². The van der Waals surface area contributed by atoms with Gasteiger partial charge in [0.1, 0.15) is 12.4 Å². The topological polar surface area (TPSA) is 43.4 Å². The van der Waals surface area contributed by atoms with Gasteiger partial charge in [-0.25, -0.2) is 8.42 Å². The Kier molecular flexibility index (Phi) is 4.66. The third-order valence-corrected chi connectivity index (χ3v) is 3.97. The van der Waals surface area contributed by atoms with Crippen LogP contribution in [0.15, 0.2) is 17.0 Å². The van der Waals surface area contributed by atoms with Crippen molar-refractivity contribution in [2.24, 2.45) is 0 Å². The number of hydrogen-bond acceptors (Lipinski definition) is 3. The minimum atomic E-state index is -3.75. The van der Waals surface area contributed by atoms with Crippen LogP contribution in [0.4, 0.5) is 0 Å². The van der Waals surface area contributed by atoms with Crippen LogP contribution >= 0.6 is 10.7 Å². The average molecular weight is 287 g/mol. The fourth-order valence-electron chi connectivity index (χ4n) is 1.64. The fourth-order valence-corrected chi connectivity index (χ4v) is 2.85. The Morgan fingerprint density at radius 3 is 2.50 bits per heavy atom. The number of ether oxygens (including phenoxy) is 1. The van der Waals surface area contributed by atoms with Crippen LogP contribution in [0, 0.1) is 19.3 Å². The molecule has 0 bridgehead atoms. The van der Waals surface area contributed by atoms with Crippen LogP contribution in [0.2, 0.25) is 0 Å². The van der Waals surface area contributed by atoms with Gasteiger partial charge in [-0.15, -0.1) is 6.42 Å². The van der Waals surface area contributed by atoms with E-state index >= 15 is 0 Å². The number of aryl methyl sites for hydroxylation is 1. The van der Waals surface area contributed by atoms with Gasteiger partial charge in [-0.1, -0.05) is 19.8 Å². The number of terminal acetylenes is 1. The van der Waals surface area contributed by atoms with E-state index in [9.17, 15) is 8.42 Å². The third-order valence-electron chi connectivity index (χ3n) is 2.50. The Bertz CT molecular complexity index is 583. The second-order valence-electron chi connectivity index (χ2n) is 4.24. The van der Waals surface area contributed by atoms with Crippen LogP contribution < -0.4 is 4.74 Å². The molecule has 0 amide bonds. The molecule has 0 radical (unpaired) electrons. The van der Waals surface area contributed by atoms with Crippen LogP contribution in [0.3, 0.4) is 0 Å². The lowest BCUT2D eigenvalue weighted by Crippen LogP contribution is -2.03. The van der Waals surface area contributed by atoms with E-state index in [0.29, 0.717) is 11.3 Å². The van der Waals surface area contributed by atoms with E-state index in [0.717, 1.165) is 5.56 Å². The molecule has 3 nitrogen and oxygen atoms in total. The minimum Gasteiger partial charge on any atom is -0.481 e. The van der Waals surface area contributed by atoms with Gasteiger partial charge in [-0.3, -0.25) is 0 Å². The first-order valence-electron chi connectivity index (χ1n) is 5.42. The number of hydrogen-bond donors (Lipinski definition) is 0. The summed E-state index contributed by atoms with van der Waals surface area (Å²) in [4.78, 5) is 0.112. The lowest BCUT2D eigenvalue weighted by molar-refractivity contribution is 0.364. The summed E-state index contributed by atoms with van der Waals surface area (Å²) in [6.07, 6.45) is 5.15. The smallest absolute Gasteiger partial charge is 0.261 e. The van der Waals surface area contributed by atoms with Gasteiger partial charge in [0.25, 0.3) is 9.05 Å². The van der Waals surface area contributed by atoms with E-state index in [-0.39, 0.29) is 17.4 Å². The summed E-state index contributed by atoms with van der Waals surface area (Å²) < 4.78 is 28.3. The van der Waals surface area contributed by atoms with Gasteiger partial charge in [-0.2, -0.15) is 0 Å². The molecule has 5 heteroatoms. The molecular weight excluding hydrogens is 272 g/mol. The van der Waals surface area contributed by atoms with Crippen LogP contribution in [0.25, 0.3) is 0 Å². The number of rotatable bonds is 4. The van der Waals surface area contributed by atoms with Crippen molar-refractivity contribution in [3.8, 4) is 18.1 Å². The second kappa shape index (κ2) is 5.64. The van der Waals surface area contributed by atoms with Crippen molar-refractivity contribution in [2.75, 3.05) is 6.61 Å². The molecule has 0 aromatic heterocycles. The van der Waals surface area contributed by atoms with Crippen molar-refractivity contribution >= 4 is 19.7 Å². The van der Waals surface area contributed by atoms with Crippen molar-refractivity contribution in [1.29, 1.82) is 0 Å². The second-order valence-corrected chi connectivity index (χ2v) is 6.78. The lowest BCUT2D eigenvalue weighted by atomic mass is 10.0. The number of benzene rings is 1. The van der Waals surface area contributed by atoms with Crippen molar-refractivity contribution in [2.45, 2.75) is 31.6 Å². The maximum atomic E-state index is 11.4. The summed E-state index contributed by atoms with van der Waals surface area (Å²) in [6.45, 7) is 5.70.